The van der Waals surface area contributed by atoms with Gasteiger partial charge in [0.1, 0.15) is 5.75 Å². The molecule has 0 saturated heterocycles. The first-order valence-electron chi connectivity index (χ1n) is 8.44. The molecule has 0 atom stereocenters. The van der Waals surface area contributed by atoms with Crippen molar-refractivity contribution in [3.8, 4) is 11.4 Å². The molecule has 6 nitrogen and oxygen atoms in total. The second-order valence-electron chi connectivity index (χ2n) is 5.96. The molecule has 0 unspecified atom stereocenters. The smallest absolute Gasteiger partial charge is 0.422 e. The van der Waals surface area contributed by atoms with E-state index in [2.05, 4.69) is 15.7 Å². The average Bonchev–Trinajstić information content (AvgIpc) is 3.13. The molecule has 29 heavy (non-hydrogen) atoms. The van der Waals surface area contributed by atoms with Gasteiger partial charge < -0.3 is 10.1 Å². The number of benzene rings is 2. The Hall–Kier alpha value is -3.20. The van der Waals surface area contributed by atoms with Crippen LogP contribution in [0.4, 0.5) is 23.8 Å². The summed E-state index contributed by atoms with van der Waals surface area (Å²) in [6, 6.07) is 14.3. The molecule has 0 spiro atoms. The van der Waals surface area contributed by atoms with Gasteiger partial charge in [0.05, 0.1) is 10.7 Å². The van der Waals surface area contributed by atoms with Crippen LogP contribution in [0.5, 0.6) is 5.75 Å². The van der Waals surface area contributed by atoms with Crippen molar-refractivity contribution >= 4 is 23.4 Å². The molecule has 0 radical (unpaired) electrons. The molecular weight excluding hydrogens is 409 g/mol. The van der Waals surface area contributed by atoms with E-state index in [4.69, 9.17) is 16.3 Å². The second kappa shape index (κ2) is 8.87. The standard InChI is InChI=1S/C19H16ClF3N4O2/c20-15-6-1-2-7-16(15)27-9-8-17(26-27)25-18(28)24-11-13-4-3-5-14(10-13)29-12-19(21,22)23/h1-10H,11-12H2,(H2,24,25,26,28). The fourth-order valence-electron chi connectivity index (χ4n) is 2.42. The Kier molecular flexibility index (Phi) is 6.28. The molecule has 152 valence electrons. The third-order valence-corrected chi connectivity index (χ3v) is 4.00. The number of rotatable bonds is 6. The topological polar surface area (TPSA) is 68.2 Å². The van der Waals surface area contributed by atoms with Crippen LogP contribution in [0.3, 0.4) is 0 Å². The largest absolute Gasteiger partial charge is 0.484 e. The summed E-state index contributed by atoms with van der Waals surface area (Å²) in [6.45, 7) is -1.28. The zero-order valence-corrected chi connectivity index (χ0v) is 15.7. The van der Waals surface area contributed by atoms with Crippen LogP contribution in [0, 0.1) is 0 Å². The lowest BCUT2D eigenvalue weighted by atomic mass is 10.2. The number of ether oxygens (including phenoxy) is 1. The SMILES string of the molecule is O=C(NCc1cccc(OCC(F)(F)F)c1)Nc1ccn(-c2ccccc2Cl)n1. The Bertz CT molecular complexity index is 991. The Balaban J connectivity index is 1.54. The normalized spacial score (nSPS) is 11.2. The van der Waals surface area contributed by atoms with Gasteiger partial charge in [0.2, 0.25) is 0 Å². The van der Waals surface area contributed by atoms with Gasteiger partial charge in [-0.05, 0) is 29.8 Å². The van der Waals surface area contributed by atoms with E-state index < -0.39 is 18.8 Å². The molecular formula is C19H16ClF3N4O2. The van der Waals surface area contributed by atoms with E-state index >= 15 is 0 Å². The van der Waals surface area contributed by atoms with Crippen molar-refractivity contribution in [2.75, 3.05) is 11.9 Å². The van der Waals surface area contributed by atoms with Gasteiger partial charge in [0.25, 0.3) is 0 Å². The van der Waals surface area contributed by atoms with E-state index in [9.17, 15) is 18.0 Å². The lowest BCUT2D eigenvalue weighted by molar-refractivity contribution is -0.153. The number of carbonyl (C=O) groups is 1. The maximum absolute atomic E-state index is 12.2. The molecule has 2 amide bonds. The van der Waals surface area contributed by atoms with Gasteiger partial charge in [0, 0.05) is 18.8 Å². The maximum atomic E-state index is 12.2. The van der Waals surface area contributed by atoms with Crippen molar-refractivity contribution in [3.05, 3.63) is 71.4 Å². The minimum Gasteiger partial charge on any atom is -0.484 e. The van der Waals surface area contributed by atoms with Gasteiger partial charge in [-0.2, -0.15) is 13.2 Å². The Labute approximate surface area is 169 Å². The van der Waals surface area contributed by atoms with Crippen LogP contribution in [0.25, 0.3) is 5.69 Å². The number of nitrogens with zero attached hydrogens (tertiary/aromatic N) is 2. The molecule has 3 aromatic rings. The van der Waals surface area contributed by atoms with E-state index in [-0.39, 0.29) is 12.3 Å². The first kappa shape index (κ1) is 20.5. The molecule has 1 aromatic heterocycles. The summed E-state index contributed by atoms with van der Waals surface area (Å²) in [5.74, 6) is 0.380. The number of halogens is 4. The monoisotopic (exact) mass is 424 g/mol. The molecule has 0 aliphatic rings. The zero-order valence-electron chi connectivity index (χ0n) is 14.9. The molecule has 2 aromatic carbocycles. The van der Waals surface area contributed by atoms with E-state index in [0.717, 1.165) is 0 Å². The molecule has 10 heteroatoms. The summed E-state index contributed by atoms with van der Waals surface area (Å²) in [5, 5.41) is 9.93. The second-order valence-corrected chi connectivity index (χ2v) is 6.36. The number of hydrogen-bond donors (Lipinski definition) is 2. The number of para-hydroxylation sites is 1. The average molecular weight is 425 g/mol. The molecule has 1 heterocycles. The number of carbonyl (C=O) groups excluding carboxylic acids is 1. The highest BCUT2D eigenvalue weighted by Crippen LogP contribution is 2.21. The lowest BCUT2D eigenvalue weighted by Gasteiger charge is -2.11. The van der Waals surface area contributed by atoms with Crippen LogP contribution in [0.15, 0.2) is 60.8 Å². The molecule has 0 fully saturated rings. The highest BCUT2D eigenvalue weighted by atomic mass is 35.5. The molecule has 0 bridgehead atoms. The van der Waals surface area contributed by atoms with Gasteiger partial charge in [-0.3, -0.25) is 5.32 Å². The van der Waals surface area contributed by atoms with E-state index in [1.807, 2.05) is 6.07 Å². The highest BCUT2D eigenvalue weighted by molar-refractivity contribution is 6.32. The van der Waals surface area contributed by atoms with Gasteiger partial charge in [0.15, 0.2) is 12.4 Å². The van der Waals surface area contributed by atoms with Crippen LogP contribution >= 0.6 is 11.6 Å². The van der Waals surface area contributed by atoms with E-state index in [1.54, 1.807) is 42.6 Å². The van der Waals surface area contributed by atoms with Crippen LogP contribution in [0.2, 0.25) is 5.02 Å². The summed E-state index contributed by atoms with van der Waals surface area (Å²) >= 11 is 6.12. The molecule has 2 N–H and O–H groups in total. The molecule has 0 aliphatic carbocycles. The summed E-state index contributed by atoms with van der Waals surface area (Å²) in [5.41, 5.74) is 1.25. The predicted octanol–water partition coefficient (Wildman–Crippen LogP) is 4.79. The zero-order chi connectivity index (χ0) is 20.9. The van der Waals surface area contributed by atoms with Gasteiger partial charge >= 0.3 is 12.2 Å². The molecule has 0 aliphatic heterocycles. The summed E-state index contributed by atoms with van der Waals surface area (Å²) in [7, 11) is 0. The predicted molar refractivity (Wildman–Crippen MR) is 102 cm³/mol. The first-order chi connectivity index (χ1) is 13.8. The Morgan fingerprint density at radius 2 is 1.93 bits per heavy atom. The minimum absolute atomic E-state index is 0.0699. The third kappa shape index (κ3) is 6.15. The number of nitrogens with one attached hydrogen (secondary N) is 2. The van der Waals surface area contributed by atoms with Crippen LogP contribution in [-0.2, 0) is 6.54 Å². The van der Waals surface area contributed by atoms with Crippen molar-refractivity contribution in [3.63, 3.8) is 0 Å². The van der Waals surface area contributed by atoms with Crippen molar-refractivity contribution in [2.24, 2.45) is 0 Å². The van der Waals surface area contributed by atoms with Crippen LogP contribution in [0.1, 0.15) is 5.56 Å². The fourth-order valence-corrected chi connectivity index (χ4v) is 2.64. The minimum atomic E-state index is -4.42. The number of anilines is 1. The van der Waals surface area contributed by atoms with Crippen molar-refractivity contribution in [1.82, 2.24) is 15.1 Å². The van der Waals surface area contributed by atoms with E-state index in [1.165, 1.54) is 16.8 Å². The number of amides is 2. The number of urea groups is 1. The lowest BCUT2D eigenvalue weighted by Crippen LogP contribution is -2.28. The Morgan fingerprint density at radius 3 is 2.69 bits per heavy atom. The fraction of sp³-hybridized carbons (Fsp3) is 0.158. The summed E-state index contributed by atoms with van der Waals surface area (Å²) in [4.78, 5) is 12.1. The van der Waals surface area contributed by atoms with Crippen LogP contribution in [-0.4, -0.2) is 28.6 Å². The van der Waals surface area contributed by atoms with Gasteiger partial charge in [-0.25, -0.2) is 9.48 Å². The molecule has 3 rings (SSSR count). The maximum Gasteiger partial charge on any atom is 0.422 e. The van der Waals surface area contributed by atoms with Gasteiger partial charge in [-0.1, -0.05) is 35.9 Å². The molecule has 0 saturated carbocycles. The number of hydrogen-bond acceptors (Lipinski definition) is 3. The number of alkyl halides is 3. The first-order valence-corrected chi connectivity index (χ1v) is 8.82. The third-order valence-electron chi connectivity index (χ3n) is 3.68. The quantitative estimate of drug-likeness (QED) is 0.598. The van der Waals surface area contributed by atoms with Crippen molar-refractivity contribution < 1.29 is 22.7 Å². The van der Waals surface area contributed by atoms with Gasteiger partial charge in [-0.15, -0.1) is 5.10 Å². The summed E-state index contributed by atoms with van der Waals surface area (Å²) < 4.78 is 42.9. The number of aromatic nitrogens is 2. The van der Waals surface area contributed by atoms with E-state index in [0.29, 0.717) is 22.1 Å². The van der Waals surface area contributed by atoms with Crippen LogP contribution < -0.4 is 15.4 Å². The summed E-state index contributed by atoms with van der Waals surface area (Å²) in [6.07, 6.45) is -2.76. The Morgan fingerprint density at radius 1 is 1.14 bits per heavy atom. The van der Waals surface area contributed by atoms with Crippen molar-refractivity contribution in [1.29, 1.82) is 0 Å². The van der Waals surface area contributed by atoms with Crippen molar-refractivity contribution in [2.45, 2.75) is 12.7 Å². The highest BCUT2D eigenvalue weighted by Gasteiger charge is 2.28.